The van der Waals surface area contributed by atoms with Gasteiger partial charge in [0, 0.05) is 6.07 Å². The van der Waals surface area contributed by atoms with E-state index in [1.165, 1.54) is 19.5 Å². The molecule has 0 atom stereocenters. The van der Waals surface area contributed by atoms with E-state index in [-0.39, 0.29) is 0 Å². The summed E-state index contributed by atoms with van der Waals surface area (Å²) in [4.78, 5) is 11.9. The Balaban J connectivity index is 2.39. The fourth-order valence-electron chi connectivity index (χ4n) is 0.996. The molecule has 0 aliphatic heterocycles. The molecular formula is C9H8N4O2. The SMILES string of the molecule is C=Cc1nc(-c2cc(OC)ncn2)no1. The third-order valence-corrected chi connectivity index (χ3v) is 1.70. The number of hydrogen-bond donors (Lipinski definition) is 0. The molecule has 0 aliphatic carbocycles. The molecule has 0 aliphatic rings. The summed E-state index contributed by atoms with van der Waals surface area (Å²) in [5.41, 5.74) is 0.540. The minimum Gasteiger partial charge on any atom is -0.481 e. The largest absolute Gasteiger partial charge is 0.481 e. The van der Waals surface area contributed by atoms with Crippen LogP contribution in [0.15, 0.2) is 23.5 Å². The predicted molar refractivity (Wildman–Crippen MR) is 52.0 cm³/mol. The smallest absolute Gasteiger partial charge is 0.250 e. The quantitative estimate of drug-likeness (QED) is 0.747. The van der Waals surface area contributed by atoms with E-state index in [9.17, 15) is 0 Å². The molecule has 0 radical (unpaired) electrons. The van der Waals surface area contributed by atoms with Gasteiger partial charge in [-0.05, 0) is 6.08 Å². The predicted octanol–water partition coefficient (Wildman–Crippen LogP) is 1.18. The van der Waals surface area contributed by atoms with Gasteiger partial charge >= 0.3 is 0 Å². The monoisotopic (exact) mass is 204 g/mol. The highest BCUT2D eigenvalue weighted by atomic mass is 16.5. The van der Waals surface area contributed by atoms with Gasteiger partial charge in [0.2, 0.25) is 17.6 Å². The first-order valence-electron chi connectivity index (χ1n) is 4.16. The van der Waals surface area contributed by atoms with Gasteiger partial charge in [0.05, 0.1) is 7.11 Å². The zero-order chi connectivity index (χ0) is 10.7. The van der Waals surface area contributed by atoms with Crippen LogP contribution in [0.4, 0.5) is 0 Å². The summed E-state index contributed by atoms with van der Waals surface area (Å²) in [6.45, 7) is 3.52. The molecular weight excluding hydrogens is 196 g/mol. The summed E-state index contributed by atoms with van der Waals surface area (Å²) in [7, 11) is 1.53. The molecule has 76 valence electrons. The van der Waals surface area contributed by atoms with Crippen molar-refractivity contribution in [2.24, 2.45) is 0 Å². The minimum absolute atomic E-state index is 0.350. The van der Waals surface area contributed by atoms with Crippen molar-refractivity contribution in [1.82, 2.24) is 20.1 Å². The lowest BCUT2D eigenvalue weighted by molar-refractivity contribution is 0.396. The average molecular weight is 204 g/mol. The van der Waals surface area contributed by atoms with Gasteiger partial charge in [0.1, 0.15) is 12.0 Å². The van der Waals surface area contributed by atoms with Gasteiger partial charge in [-0.1, -0.05) is 11.7 Å². The van der Waals surface area contributed by atoms with E-state index in [0.29, 0.717) is 23.3 Å². The fourth-order valence-corrected chi connectivity index (χ4v) is 0.996. The fraction of sp³-hybridized carbons (Fsp3) is 0.111. The molecule has 0 aromatic carbocycles. The Morgan fingerprint density at radius 3 is 3.00 bits per heavy atom. The highest BCUT2D eigenvalue weighted by Gasteiger charge is 2.08. The van der Waals surface area contributed by atoms with Crippen molar-refractivity contribution in [3.8, 4) is 17.4 Å². The zero-order valence-electron chi connectivity index (χ0n) is 8.04. The molecule has 2 aromatic rings. The lowest BCUT2D eigenvalue weighted by Crippen LogP contribution is -1.91. The molecule has 0 amide bonds. The Bertz CT molecular complexity index is 480. The molecule has 0 saturated carbocycles. The second-order valence-electron chi connectivity index (χ2n) is 2.61. The van der Waals surface area contributed by atoms with E-state index in [4.69, 9.17) is 9.26 Å². The molecule has 0 unspecified atom stereocenters. The third-order valence-electron chi connectivity index (χ3n) is 1.70. The van der Waals surface area contributed by atoms with E-state index in [1.54, 1.807) is 6.07 Å². The molecule has 6 nitrogen and oxygen atoms in total. The average Bonchev–Trinajstić information content (AvgIpc) is 2.78. The standard InChI is InChI=1S/C9H8N4O2/c1-3-7-12-9(13-15-7)6-4-8(14-2)11-5-10-6/h3-5H,1H2,2H3. The van der Waals surface area contributed by atoms with Crippen LogP contribution in [0.3, 0.4) is 0 Å². The maximum absolute atomic E-state index is 4.95. The van der Waals surface area contributed by atoms with E-state index in [1.807, 2.05) is 0 Å². The number of aromatic nitrogens is 4. The van der Waals surface area contributed by atoms with Crippen molar-refractivity contribution in [3.63, 3.8) is 0 Å². The Morgan fingerprint density at radius 1 is 1.47 bits per heavy atom. The van der Waals surface area contributed by atoms with Crippen LogP contribution < -0.4 is 4.74 Å². The summed E-state index contributed by atoms with van der Waals surface area (Å²) < 4.78 is 9.81. The van der Waals surface area contributed by atoms with Gasteiger partial charge in [-0.25, -0.2) is 9.97 Å². The zero-order valence-corrected chi connectivity index (χ0v) is 8.04. The maximum atomic E-state index is 4.95. The molecule has 0 fully saturated rings. The number of methoxy groups -OCH3 is 1. The van der Waals surface area contributed by atoms with Gasteiger partial charge in [0.15, 0.2) is 0 Å². The van der Waals surface area contributed by atoms with Gasteiger partial charge in [-0.2, -0.15) is 4.98 Å². The molecule has 15 heavy (non-hydrogen) atoms. The van der Waals surface area contributed by atoms with Crippen LogP contribution in [-0.2, 0) is 0 Å². The van der Waals surface area contributed by atoms with Crippen LogP contribution >= 0.6 is 0 Å². The van der Waals surface area contributed by atoms with Crippen LogP contribution in [0.1, 0.15) is 5.89 Å². The molecule has 0 spiro atoms. The van der Waals surface area contributed by atoms with Crippen LogP contribution in [0, 0.1) is 0 Å². The van der Waals surface area contributed by atoms with Crippen LogP contribution in [0.25, 0.3) is 17.6 Å². The highest BCUT2D eigenvalue weighted by molar-refractivity contribution is 5.50. The molecule has 0 saturated heterocycles. The van der Waals surface area contributed by atoms with Crippen LogP contribution in [0.5, 0.6) is 5.88 Å². The Morgan fingerprint density at radius 2 is 2.33 bits per heavy atom. The molecule has 6 heteroatoms. The molecule has 2 heterocycles. The van der Waals surface area contributed by atoms with E-state index in [2.05, 4.69) is 26.7 Å². The van der Waals surface area contributed by atoms with Crippen molar-refractivity contribution >= 4 is 6.08 Å². The summed E-state index contributed by atoms with van der Waals surface area (Å²) in [5, 5.41) is 3.73. The minimum atomic E-state index is 0.350. The van der Waals surface area contributed by atoms with Crippen LogP contribution in [0.2, 0.25) is 0 Å². The van der Waals surface area contributed by atoms with Gasteiger partial charge < -0.3 is 9.26 Å². The lowest BCUT2D eigenvalue weighted by Gasteiger charge is -1.97. The number of ether oxygens (including phenoxy) is 1. The van der Waals surface area contributed by atoms with Crippen molar-refractivity contribution in [1.29, 1.82) is 0 Å². The third kappa shape index (κ3) is 1.83. The summed E-state index contributed by atoms with van der Waals surface area (Å²) in [6, 6.07) is 1.62. The first kappa shape index (κ1) is 9.32. The second kappa shape index (κ2) is 3.87. The number of rotatable bonds is 3. The van der Waals surface area contributed by atoms with Gasteiger partial charge in [-0.3, -0.25) is 0 Å². The topological polar surface area (TPSA) is 73.9 Å². The second-order valence-corrected chi connectivity index (χ2v) is 2.61. The number of hydrogen-bond acceptors (Lipinski definition) is 6. The molecule has 0 bridgehead atoms. The van der Waals surface area contributed by atoms with Crippen molar-refractivity contribution in [2.75, 3.05) is 7.11 Å². The first-order chi connectivity index (χ1) is 7.33. The van der Waals surface area contributed by atoms with Gasteiger partial charge in [-0.15, -0.1) is 0 Å². The highest BCUT2D eigenvalue weighted by Crippen LogP contribution is 2.16. The Kier molecular flexibility index (Phi) is 2.40. The van der Waals surface area contributed by atoms with Crippen molar-refractivity contribution < 1.29 is 9.26 Å². The first-order valence-corrected chi connectivity index (χ1v) is 4.16. The Labute approximate surface area is 85.6 Å². The van der Waals surface area contributed by atoms with E-state index in [0.717, 1.165) is 0 Å². The summed E-state index contributed by atoms with van der Waals surface area (Å²) in [6.07, 6.45) is 2.84. The van der Waals surface area contributed by atoms with Crippen molar-refractivity contribution in [2.45, 2.75) is 0 Å². The summed E-state index contributed by atoms with van der Waals surface area (Å²) >= 11 is 0. The summed E-state index contributed by atoms with van der Waals surface area (Å²) in [5.74, 6) is 1.18. The van der Waals surface area contributed by atoms with Crippen molar-refractivity contribution in [3.05, 3.63) is 24.9 Å². The van der Waals surface area contributed by atoms with Gasteiger partial charge in [0.25, 0.3) is 0 Å². The lowest BCUT2D eigenvalue weighted by atomic mass is 10.4. The molecule has 2 aromatic heterocycles. The Hall–Kier alpha value is -2.24. The molecule has 0 N–H and O–H groups in total. The van der Waals surface area contributed by atoms with E-state index >= 15 is 0 Å². The maximum Gasteiger partial charge on any atom is 0.250 e. The normalized spacial score (nSPS) is 9.93. The number of nitrogens with zero attached hydrogens (tertiary/aromatic N) is 4. The molecule has 2 rings (SSSR count). The van der Waals surface area contributed by atoms with Crippen LogP contribution in [-0.4, -0.2) is 27.2 Å². The van der Waals surface area contributed by atoms with E-state index < -0.39 is 0 Å².